The molecule has 20 heavy (non-hydrogen) atoms. The summed E-state index contributed by atoms with van der Waals surface area (Å²) in [6.07, 6.45) is 3.05. The van der Waals surface area contributed by atoms with E-state index in [2.05, 4.69) is 20.8 Å². The molecule has 1 aromatic rings. The normalized spacial score (nSPS) is 25.1. The van der Waals surface area contributed by atoms with Crippen LogP contribution in [-0.2, 0) is 16.1 Å². The van der Waals surface area contributed by atoms with Crippen molar-refractivity contribution in [1.82, 2.24) is 0 Å². The molecule has 1 saturated heterocycles. The monoisotopic (exact) mass is 316 g/mol. The van der Waals surface area contributed by atoms with Crippen LogP contribution >= 0.6 is 23.2 Å². The smallest absolute Gasteiger partial charge is 0.0920 e. The lowest BCUT2D eigenvalue weighted by atomic mass is 9.96. The molecule has 0 N–H and O–H groups in total. The Balaban J connectivity index is 1.95. The van der Waals surface area contributed by atoms with Gasteiger partial charge in [0.2, 0.25) is 0 Å². The first kappa shape index (κ1) is 16.1. The summed E-state index contributed by atoms with van der Waals surface area (Å²) >= 11 is 12.3. The quantitative estimate of drug-likeness (QED) is 0.738. The Morgan fingerprint density at radius 2 is 1.85 bits per heavy atom. The minimum Gasteiger partial charge on any atom is -0.374 e. The highest BCUT2D eigenvalue weighted by Crippen LogP contribution is 2.40. The van der Waals surface area contributed by atoms with Gasteiger partial charge in [-0.05, 0) is 45.2 Å². The third-order valence-electron chi connectivity index (χ3n) is 3.99. The van der Waals surface area contributed by atoms with Crippen LogP contribution in [0.3, 0.4) is 0 Å². The Morgan fingerprint density at radius 3 is 2.35 bits per heavy atom. The molecule has 112 valence electrons. The highest BCUT2D eigenvalue weighted by molar-refractivity contribution is 6.35. The molecule has 0 saturated carbocycles. The zero-order chi connectivity index (χ0) is 14.8. The lowest BCUT2D eigenvalue weighted by Crippen LogP contribution is -2.36. The Hall–Kier alpha value is -0.280. The molecule has 0 spiro atoms. The molecule has 2 nitrogen and oxygen atoms in total. The Morgan fingerprint density at radius 1 is 1.20 bits per heavy atom. The second-order valence-corrected chi connectivity index (χ2v) is 6.91. The topological polar surface area (TPSA) is 18.5 Å². The molecule has 1 atom stereocenters. The minimum atomic E-state index is -0.169. The lowest BCUT2D eigenvalue weighted by Gasteiger charge is -2.30. The van der Waals surface area contributed by atoms with Crippen LogP contribution in [-0.4, -0.2) is 17.8 Å². The van der Waals surface area contributed by atoms with Crippen molar-refractivity contribution in [3.05, 3.63) is 33.8 Å². The SMILES string of the molecule is CCC1(COCc2c(Cl)cccc2Cl)CCC(C)(C)O1. The van der Waals surface area contributed by atoms with Gasteiger partial charge in [-0.2, -0.15) is 0 Å². The maximum atomic E-state index is 6.19. The molecule has 1 unspecified atom stereocenters. The third kappa shape index (κ3) is 3.67. The van der Waals surface area contributed by atoms with Crippen LogP contribution in [0.5, 0.6) is 0 Å². The van der Waals surface area contributed by atoms with Gasteiger partial charge in [-0.15, -0.1) is 0 Å². The molecule has 0 amide bonds. The van der Waals surface area contributed by atoms with E-state index < -0.39 is 0 Å². The molecule has 0 aliphatic carbocycles. The number of halogens is 2. The molecule has 4 heteroatoms. The molecule has 2 rings (SSSR count). The maximum Gasteiger partial charge on any atom is 0.0920 e. The van der Waals surface area contributed by atoms with Gasteiger partial charge in [0.15, 0.2) is 0 Å². The summed E-state index contributed by atoms with van der Waals surface area (Å²) in [5.74, 6) is 0. The van der Waals surface area contributed by atoms with Gasteiger partial charge in [-0.3, -0.25) is 0 Å². The van der Waals surface area contributed by atoms with E-state index in [1.165, 1.54) is 0 Å². The van der Waals surface area contributed by atoms with Crippen LogP contribution in [0.1, 0.15) is 45.6 Å². The molecular weight excluding hydrogens is 295 g/mol. The van der Waals surface area contributed by atoms with Crippen molar-refractivity contribution in [3.63, 3.8) is 0 Å². The van der Waals surface area contributed by atoms with Crippen molar-refractivity contribution in [2.45, 2.75) is 57.8 Å². The van der Waals surface area contributed by atoms with Gasteiger partial charge in [0.25, 0.3) is 0 Å². The molecule has 1 aliphatic rings. The van der Waals surface area contributed by atoms with Crippen molar-refractivity contribution in [2.24, 2.45) is 0 Å². The highest BCUT2D eigenvalue weighted by Gasteiger charge is 2.43. The number of ether oxygens (including phenoxy) is 2. The summed E-state index contributed by atoms with van der Waals surface area (Å²) in [5, 5.41) is 1.30. The van der Waals surface area contributed by atoms with E-state index in [-0.39, 0.29) is 11.2 Å². The number of hydrogen-bond donors (Lipinski definition) is 0. The summed E-state index contributed by atoms with van der Waals surface area (Å²) in [6, 6.07) is 5.50. The Kier molecular flexibility index (Phi) is 5.01. The number of benzene rings is 1. The Labute approximate surface area is 131 Å². The fraction of sp³-hybridized carbons (Fsp3) is 0.625. The molecule has 1 aromatic carbocycles. The fourth-order valence-corrected chi connectivity index (χ4v) is 3.19. The van der Waals surface area contributed by atoms with Crippen LogP contribution in [0.15, 0.2) is 18.2 Å². The average molecular weight is 317 g/mol. The van der Waals surface area contributed by atoms with Crippen LogP contribution in [0.2, 0.25) is 10.0 Å². The van der Waals surface area contributed by atoms with Gasteiger partial charge in [0.05, 0.1) is 24.4 Å². The average Bonchev–Trinajstić information content (AvgIpc) is 2.70. The van der Waals surface area contributed by atoms with E-state index in [9.17, 15) is 0 Å². The van der Waals surface area contributed by atoms with Gasteiger partial charge in [0.1, 0.15) is 0 Å². The molecule has 0 radical (unpaired) electrons. The largest absolute Gasteiger partial charge is 0.374 e. The standard InChI is InChI=1S/C16H22Cl2O2/c1-4-16(9-8-15(2,3)20-16)11-19-10-12-13(17)6-5-7-14(12)18/h5-7H,4,8-11H2,1-3H3. The van der Waals surface area contributed by atoms with Crippen LogP contribution < -0.4 is 0 Å². The van der Waals surface area contributed by atoms with E-state index in [0.717, 1.165) is 24.8 Å². The highest BCUT2D eigenvalue weighted by atomic mass is 35.5. The van der Waals surface area contributed by atoms with Gasteiger partial charge in [-0.1, -0.05) is 36.2 Å². The molecule has 1 fully saturated rings. The van der Waals surface area contributed by atoms with E-state index in [1.54, 1.807) is 0 Å². The zero-order valence-corrected chi connectivity index (χ0v) is 13.9. The molecule has 1 aliphatic heterocycles. The summed E-state index contributed by atoms with van der Waals surface area (Å²) in [6.45, 7) is 7.41. The maximum absolute atomic E-state index is 6.19. The van der Waals surface area contributed by atoms with Crippen molar-refractivity contribution in [2.75, 3.05) is 6.61 Å². The van der Waals surface area contributed by atoms with E-state index in [4.69, 9.17) is 32.7 Å². The zero-order valence-electron chi connectivity index (χ0n) is 12.3. The van der Waals surface area contributed by atoms with Gasteiger partial charge in [-0.25, -0.2) is 0 Å². The summed E-state index contributed by atoms with van der Waals surface area (Å²) in [4.78, 5) is 0. The van der Waals surface area contributed by atoms with Crippen LogP contribution in [0.25, 0.3) is 0 Å². The van der Waals surface area contributed by atoms with Crippen molar-refractivity contribution in [1.29, 1.82) is 0 Å². The predicted octanol–water partition coefficient (Wildman–Crippen LogP) is 5.25. The van der Waals surface area contributed by atoms with E-state index in [1.807, 2.05) is 18.2 Å². The van der Waals surface area contributed by atoms with Crippen molar-refractivity contribution < 1.29 is 9.47 Å². The third-order valence-corrected chi connectivity index (χ3v) is 4.70. The van der Waals surface area contributed by atoms with E-state index >= 15 is 0 Å². The van der Waals surface area contributed by atoms with Crippen LogP contribution in [0, 0.1) is 0 Å². The first-order valence-corrected chi connectivity index (χ1v) is 7.84. The number of rotatable bonds is 5. The van der Waals surface area contributed by atoms with Crippen molar-refractivity contribution in [3.8, 4) is 0 Å². The predicted molar refractivity (Wildman–Crippen MR) is 83.5 cm³/mol. The van der Waals surface area contributed by atoms with Gasteiger partial charge < -0.3 is 9.47 Å². The van der Waals surface area contributed by atoms with Crippen LogP contribution in [0.4, 0.5) is 0 Å². The first-order chi connectivity index (χ1) is 9.37. The fourth-order valence-electron chi connectivity index (χ4n) is 2.68. The Bertz CT molecular complexity index is 453. The van der Waals surface area contributed by atoms with Crippen molar-refractivity contribution >= 4 is 23.2 Å². The van der Waals surface area contributed by atoms with Gasteiger partial charge in [0, 0.05) is 15.6 Å². The van der Waals surface area contributed by atoms with Gasteiger partial charge >= 0.3 is 0 Å². The number of hydrogen-bond acceptors (Lipinski definition) is 2. The summed E-state index contributed by atoms with van der Waals surface area (Å²) in [5.41, 5.74) is 0.623. The first-order valence-electron chi connectivity index (χ1n) is 7.08. The second-order valence-electron chi connectivity index (χ2n) is 6.09. The molecule has 1 heterocycles. The molecular formula is C16H22Cl2O2. The minimum absolute atomic E-state index is 0.0542. The summed E-state index contributed by atoms with van der Waals surface area (Å²) in [7, 11) is 0. The second kappa shape index (κ2) is 6.23. The summed E-state index contributed by atoms with van der Waals surface area (Å²) < 4.78 is 12.1. The van der Waals surface area contributed by atoms with E-state index in [0.29, 0.717) is 23.3 Å². The lowest BCUT2D eigenvalue weighted by molar-refractivity contribution is -0.126. The molecule has 0 bridgehead atoms. The molecule has 0 aromatic heterocycles.